The van der Waals surface area contributed by atoms with Crippen molar-refractivity contribution >= 4 is 28.5 Å². The average Bonchev–Trinajstić information content (AvgIpc) is 2.64. The van der Waals surface area contributed by atoms with Crippen LogP contribution >= 0.6 is 11.6 Å². The number of fused-ring (bicyclic) bond motifs is 1. The van der Waals surface area contributed by atoms with Gasteiger partial charge in [-0.2, -0.15) is 0 Å². The number of carbonyl (C=O) groups excluding carboxylic acids is 1. The predicted molar refractivity (Wildman–Crippen MR) is 111 cm³/mol. The zero-order valence-electron chi connectivity index (χ0n) is 16.4. The third kappa shape index (κ3) is 4.12. The Morgan fingerprint density at radius 3 is 2.43 bits per heavy atom. The highest BCUT2D eigenvalue weighted by molar-refractivity contribution is 6.30. The number of hydrogen-bond donors (Lipinski definition) is 0. The largest absolute Gasteiger partial charge is 0.460 e. The molecule has 28 heavy (non-hydrogen) atoms. The summed E-state index contributed by atoms with van der Waals surface area (Å²) in [6, 6.07) is 12.5. The Labute approximate surface area is 169 Å². The van der Waals surface area contributed by atoms with Gasteiger partial charge in [-0.3, -0.25) is 4.79 Å². The van der Waals surface area contributed by atoms with Crippen LogP contribution in [-0.4, -0.2) is 5.97 Å². The van der Waals surface area contributed by atoms with Crippen LogP contribution in [0.3, 0.4) is 0 Å². The van der Waals surface area contributed by atoms with E-state index >= 15 is 0 Å². The fourth-order valence-corrected chi connectivity index (χ4v) is 3.47. The predicted octanol–water partition coefficient (Wildman–Crippen LogP) is 5.55. The summed E-state index contributed by atoms with van der Waals surface area (Å²) in [5.74, 6) is -0.689. The molecule has 0 aliphatic heterocycles. The topological polar surface area (TPSA) is 56.5 Å². The summed E-state index contributed by atoms with van der Waals surface area (Å²) in [4.78, 5) is 24.8. The monoisotopic (exact) mass is 398 g/mol. The molecular weight excluding hydrogens is 376 g/mol. The highest BCUT2D eigenvalue weighted by Gasteiger charge is 2.26. The quantitative estimate of drug-likeness (QED) is 0.418. The lowest BCUT2D eigenvalue weighted by Crippen LogP contribution is -2.21. The first-order valence-corrected chi connectivity index (χ1v) is 9.60. The van der Waals surface area contributed by atoms with Gasteiger partial charge in [0.25, 0.3) is 0 Å². The second kappa shape index (κ2) is 8.19. The van der Waals surface area contributed by atoms with Gasteiger partial charge in [0.15, 0.2) is 0 Å². The van der Waals surface area contributed by atoms with E-state index in [1.54, 1.807) is 12.1 Å². The summed E-state index contributed by atoms with van der Waals surface area (Å²) in [6.07, 6.45) is 0. The molecule has 0 spiro atoms. The number of halogens is 1. The van der Waals surface area contributed by atoms with Crippen LogP contribution in [0.15, 0.2) is 51.7 Å². The van der Waals surface area contributed by atoms with Gasteiger partial charge in [-0.05, 0) is 48.6 Å². The first-order valence-electron chi connectivity index (χ1n) is 9.23. The summed E-state index contributed by atoms with van der Waals surface area (Å²) in [5.41, 5.74) is 3.52. The van der Waals surface area contributed by atoms with Gasteiger partial charge < -0.3 is 9.15 Å². The fraction of sp³-hybridized carbons (Fsp3) is 0.304. The minimum absolute atomic E-state index is 0.0141. The Hall–Kier alpha value is -2.59. The van der Waals surface area contributed by atoms with Gasteiger partial charge in [-0.25, -0.2) is 4.79 Å². The van der Waals surface area contributed by atoms with Crippen molar-refractivity contribution in [3.05, 3.63) is 80.2 Å². The first-order chi connectivity index (χ1) is 13.3. The highest BCUT2D eigenvalue weighted by Crippen LogP contribution is 2.28. The number of hydrogen-bond acceptors (Lipinski definition) is 4. The van der Waals surface area contributed by atoms with Crippen LogP contribution in [-0.2, 0) is 16.1 Å². The van der Waals surface area contributed by atoms with Gasteiger partial charge in [0.2, 0.25) is 0 Å². The van der Waals surface area contributed by atoms with Crippen molar-refractivity contribution < 1.29 is 13.9 Å². The van der Waals surface area contributed by atoms with Crippen molar-refractivity contribution in [1.29, 1.82) is 0 Å². The molecule has 1 heterocycles. The zero-order valence-corrected chi connectivity index (χ0v) is 17.2. The third-order valence-corrected chi connectivity index (χ3v) is 5.29. The summed E-state index contributed by atoms with van der Waals surface area (Å²) in [6.45, 7) is 7.82. The maximum absolute atomic E-state index is 12.8. The number of rotatable bonds is 5. The van der Waals surface area contributed by atoms with Crippen molar-refractivity contribution in [2.24, 2.45) is 5.92 Å². The normalized spacial score (nSPS) is 12.4. The second-order valence-corrected chi connectivity index (χ2v) is 7.79. The molecule has 0 saturated heterocycles. The standard InChI is InChI=1S/C23H23ClO4/c1-13(2)21(16-6-8-18(24)9-7-16)23(26)27-12-17-11-20(25)28-22-15(4)14(3)5-10-19(17)22/h5-11,13,21H,12H2,1-4H3/t21-/m0/s1. The molecule has 0 N–H and O–H groups in total. The van der Waals surface area contributed by atoms with Gasteiger partial charge in [-0.1, -0.05) is 49.7 Å². The molecule has 4 nitrogen and oxygen atoms in total. The Bertz CT molecular complexity index is 1060. The Kier molecular flexibility index (Phi) is 5.90. The van der Waals surface area contributed by atoms with Gasteiger partial charge in [0.05, 0.1) is 5.92 Å². The molecule has 3 aromatic rings. The van der Waals surface area contributed by atoms with E-state index in [0.29, 0.717) is 16.2 Å². The van der Waals surface area contributed by atoms with Crippen molar-refractivity contribution in [1.82, 2.24) is 0 Å². The van der Waals surface area contributed by atoms with Gasteiger partial charge in [-0.15, -0.1) is 0 Å². The molecule has 5 heteroatoms. The third-order valence-electron chi connectivity index (χ3n) is 5.04. The molecule has 3 rings (SSSR count). The molecule has 0 amide bonds. The van der Waals surface area contributed by atoms with Crippen LogP contribution < -0.4 is 5.63 Å². The molecule has 1 atom stereocenters. The van der Waals surface area contributed by atoms with E-state index in [9.17, 15) is 9.59 Å². The van der Waals surface area contributed by atoms with Crippen LogP contribution in [0.5, 0.6) is 0 Å². The van der Waals surface area contributed by atoms with Gasteiger partial charge in [0, 0.05) is 22.0 Å². The maximum atomic E-state index is 12.8. The molecule has 0 aliphatic carbocycles. The zero-order chi connectivity index (χ0) is 20.4. The first kappa shape index (κ1) is 20.2. The molecule has 0 unspecified atom stereocenters. The Morgan fingerprint density at radius 1 is 1.11 bits per heavy atom. The van der Waals surface area contributed by atoms with Gasteiger partial charge >= 0.3 is 11.6 Å². The summed E-state index contributed by atoms with van der Waals surface area (Å²) in [7, 11) is 0. The fourth-order valence-electron chi connectivity index (χ4n) is 3.35. The molecule has 146 valence electrons. The summed E-state index contributed by atoms with van der Waals surface area (Å²) in [5, 5.41) is 1.40. The lowest BCUT2D eigenvalue weighted by atomic mass is 9.88. The molecule has 1 aromatic heterocycles. The van der Waals surface area contributed by atoms with E-state index in [4.69, 9.17) is 20.8 Å². The van der Waals surface area contributed by atoms with Crippen LogP contribution in [0.25, 0.3) is 11.0 Å². The van der Waals surface area contributed by atoms with Gasteiger partial charge in [0.1, 0.15) is 12.2 Å². The van der Waals surface area contributed by atoms with E-state index in [1.165, 1.54) is 6.07 Å². The SMILES string of the molecule is Cc1ccc2c(COC(=O)[C@H](c3ccc(Cl)cc3)C(C)C)cc(=O)oc2c1C. The Morgan fingerprint density at radius 2 is 1.79 bits per heavy atom. The van der Waals surface area contributed by atoms with Crippen LogP contribution in [0.2, 0.25) is 5.02 Å². The van der Waals surface area contributed by atoms with Crippen molar-refractivity contribution in [2.45, 2.75) is 40.2 Å². The van der Waals surface area contributed by atoms with Crippen molar-refractivity contribution in [3.63, 3.8) is 0 Å². The number of carbonyl (C=O) groups is 1. The highest BCUT2D eigenvalue weighted by atomic mass is 35.5. The molecule has 0 fully saturated rings. The van der Waals surface area contributed by atoms with Crippen LogP contribution in [0.4, 0.5) is 0 Å². The van der Waals surface area contributed by atoms with E-state index in [0.717, 1.165) is 22.1 Å². The summed E-state index contributed by atoms with van der Waals surface area (Å²) >= 11 is 5.96. The van der Waals surface area contributed by atoms with E-state index in [1.807, 2.05) is 52.0 Å². The minimum atomic E-state index is -0.453. The van der Waals surface area contributed by atoms with E-state index < -0.39 is 11.5 Å². The number of aryl methyl sites for hydroxylation is 2. The lowest BCUT2D eigenvalue weighted by molar-refractivity contribution is -0.147. The lowest BCUT2D eigenvalue weighted by Gasteiger charge is -2.20. The van der Waals surface area contributed by atoms with Crippen molar-refractivity contribution in [2.75, 3.05) is 0 Å². The number of benzene rings is 2. The smallest absolute Gasteiger partial charge is 0.336 e. The average molecular weight is 399 g/mol. The Balaban J connectivity index is 1.88. The van der Waals surface area contributed by atoms with E-state index in [2.05, 4.69) is 0 Å². The van der Waals surface area contributed by atoms with Crippen LogP contribution in [0.1, 0.15) is 42.0 Å². The number of ether oxygens (including phenoxy) is 1. The van der Waals surface area contributed by atoms with Crippen molar-refractivity contribution in [3.8, 4) is 0 Å². The number of esters is 1. The molecule has 0 saturated carbocycles. The molecule has 0 aliphatic rings. The molecule has 0 bridgehead atoms. The maximum Gasteiger partial charge on any atom is 0.336 e. The molecule has 0 radical (unpaired) electrons. The van der Waals surface area contributed by atoms with E-state index in [-0.39, 0.29) is 18.5 Å². The molecule has 2 aromatic carbocycles. The van der Waals surface area contributed by atoms with Crippen LogP contribution in [0, 0.1) is 19.8 Å². The molecular formula is C23H23ClO4. The second-order valence-electron chi connectivity index (χ2n) is 7.36. The summed E-state index contributed by atoms with van der Waals surface area (Å²) < 4.78 is 11.0. The minimum Gasteiger partial charge on any atom is -0.460 e.